The number of hydrogen-bond donors (Lipinski definition) is 0. The van der Waals surface area contributed by atoms with Crippen molar-refractivity contribution in [3.8, 4) is 11.4 Å². The van der Waals surface area contributed by atoms with Gasteiger partial charge in [0.25, 0.3) is 0 Å². The molecule has 0 atom stereocenters. The highest BCUT2D eigenvalue weighted by Crippen LogP contribution is 2.20. The van der Waals surface area contributed by atoms with Gasteiger partial charge in [0.15, 0.2) is 5.82 Å². The molecule has 0 spiro atoms. The molecule has 0 N–H and O–H groups in total. The Morgan fingerprint density at radius 1 is 1.27 bits per heavy atom. The summed E-state index contributed by atoms with van der Waals surface area (Å²) in [5.74, 6) is -0.381. The average Bonchev–Trinajstić information content (AvgIpc) is 2.90. The van der Waals surface area contributed by atoms with Gasteiger partial charge >= 0.3 is 5.76 Å². The lowest BCUT2D eigenvalue weighted by Crippen LogP contribution is -2.43. The molecule has 1 aliphatic rings. The van der Waals surface area contributed by atoms with E-state index in [1.807, 2.05) is 31.2 Å². The summed E-state index contributed by atoms with van der Waals surface area (Å²) in [4.78, 5) is 25.9. The first-order valence-corrected chi connectivity index (χ1v) is 7.15. The molecule has 22 heavy (non-hydrogen) atoms. The van der Waals surface area contributed by atoms with Gasteiger partial charge in [-0.3, -0.25) is 9.32 Å². The maximum absolute atomic E-state index is 12.3. The first-order chi connectivity index (χ1) is 10.7. The summed E-state index contributed by atoms with van der Waals surface area (Å²) < 4.78 is 11.3. The first-order valence-electron chi connectivity index (χ1n) is 7.15. The normalized spacial score (nSPS) is 15.0. The van der Waals surface area contributed by atoms with E-state index in [1.54, 1.807) is 4.90 Å². The standard InChI is InChI=1S/C15H17N3O4/c1-11-4-2-3-5-12(11)14-16-22-15(20)18(14)10-13(19)17-6-8-21-9-7-17/h2-5H,6-10H2,1H3. The minimum Gasteiger partial charge on any atom is -0.378 e. The minimum absolute atomic E-state index is 0.0774. The topological polar surface area (TPSA) is 77.6 Å². The second-order valence-corrected chi connectivity index (χ2v) is 5.17. The second kappa shape index (κ2) is 6.15. The second-order valence-electron chi connectivity index (χ2n) is 5.17. The molecule has 0 saturated carbocycles. The fourth-order valence-electron chi connectivity index (χ4n) is 2.47. The van der Waals surface area contributed by atoms with Gasteiger partial charge in [0.1, 0.15) is 6.54 Å². The maximum atomic E-state index is 12.3. The van der Waals surface area contributed by atoms with E-state index in [0.29, 0.717) is 32.1 Å². The zero-order valence-corrected chi connectivity index (χ0v) is 12.3. The van der Waals surface area contributed by atoms with Gasteiger partial charge in [-0.05, 0) is 12.5 Å². The minimum atomic E-state index is -0.625. The summed E-state index contributed by atoms with van der Waals surface area (Å²) in [7, 11) is 0. The molecule has 7 nitrogen and oxygen atoms in total. The molecule has 1 saturated heterocycles. The Morgan fingerprint density at radius 2 is 2.00 bits per heavy atom. The number of aryl methyl sites for hydroxylation is 1. The van der Waals surface area contributed by atoms with Crippen LogP contribution >= 0.6 is 0 Å². The molecule has 0 bridgehead atoms. The predicted molar refractivity (Wildman–Crippen MR) is 78.3 cm³/mol. The van der Waals surface area contributed by atoms with E-state index in [2.05, 4.69) is 5.16 Å². The van der Waals surface area contributed by atoms with Crippen LogP contribution in [0.25, 0.3) is 11.4 Å². The van der Waals surface area contributed by atoms with Crippen molar-refractivity contribution in [2.75, 3.05) is 26.3 Å². The van der Waals surface area contributed by atoms with Crippen molar-refractivity contribution < 1.29 is 14.1 Å². The summed E-state index contributed by atoms with van der Waals surface area (Å²) in [5.41, 5.74) is 1.74. The summed E-state index contributed by atoms with van der Waals surface area (Å²) in [6.45, 7) is 3.97. The Morgan fingerprint density at radius 3 is 2.73 bits per heavy atom. The summed E-state index contributed by atoms with van der Waals surface area (Å²) in [6.07, 6.45) is 0. The van der Waals surface area contributed by atoms with Crippen LogP contribution in [0, 0.1) is 6.92 Å². The van der Waals surface area contributed by atoms with Crippen molar-refractivity contribution >= 4 is 5.91 Å². The smallest absolute Gasteiger partial charge is 0.378 e. The SMILES string of the molecule is Cc1ccccc1-c1noc(=O)n1CC(=O)N1CCOCC1. The van der Waals surface area contributed by atoms with E-state index in [-0.39, 0.29) is 12.5 Å². The Labute approximate surface area is 127 Å². The zero-order chi connectivity index (χ0) is 15.5. The number of hydrogen-bond acceptors (Lipinski definition) is 5. The fraction of sp³-hybridized carbons (Fsp3) is 0.400. The Bertz CT molecular complexity index is 728. The van der Waals surface area contributed by atoms with Gasteiger partial charge in [-0.25, -0.2) is 9.36 Å². The van der Waals surface area contributed by atoms with E-state index in [1.165, 1.54) is 4.57 Å². The van der Waals surface area contributed by atoms with Crippen LogP contribution in [-0.4, -0.2) is 46.8 Å². The van der Waals surface area contributed by atoms with Crippen LogP contribution < -0.4 is 5.76 Å². The van der Waals surface area contributed by atoms with Crippen molar-refractivity contribution in [1.82, 2.24) is 14.6 Å². The molecule has 2 aromatic rings. The predicted octanol–water partition coefficient (Wildman–Crippen LogP) is 0.671. The number of carbonyl (C=O) groups is 1. The highest BCUT2D eigenvalue weighted by atomic mass is 16.5. The van der Waals surface area contributed by atoms with E-state index in [0.717, 1.165) is 11.1 Å². The van der Waals surface area contributed by atoms with Crippen LogP contribution in [0.1, 0.15) is 5.56 Å². The van der Waals surface area contributed by atoms with Crippen LogP contribution in [0.15, 0.2) is 33.6 Å². The summed E-state index contributed by atoms with van der Waals surface area (Å²) >= 11 is 0. The number of aromatic nitrogens is 2. The summed E-state index contributed by atoms with van der Waals surface area (Å²) in [5, 5.41) is 3.83. The monoisotopic (exact) mass is 303 g/mol. The number of amides is 1. The molecule has 1 amide bonds. The third-order valence-corrected chi connectivity index (χ3v) is 3.73. The van der Waals surface area contributed by atoms with Crippen LogP contribution in [0.3, 0.4) is 0 Å². The number of benzene rings is 1. The molecule has 1 aromatic heterocycles. The van der Waals surface area contributed by atoms with E-state index in [4.69, 9.17) is 9.26 Å². The molecule has 1 fully saturated rings. The third kappa shape index (κ3) is 2.80. The van der Waals surface area contributed by atoms with Gasteiger partial charge in [0.2, 0.25) is 5.91 Å². The average molecular weight is 303 g/mol. The van der Waals surface area contributed by atoms with E-state index < -0.39 is 5.76 Å². The van der Waals surface area contributed by atoms with Crippen LogP contribution in [-0.2, 0) is 16.1 Å². The molecule has 116 valence electrons. The largest absolute Gasteiger partial charge is 0.442 e. The summed E-state index contributed by atoms with van der Waals surface area (Å²) in [6, 6.07) is 7.53. The molecule has 0 radical (unpaired) electrons. The van der Waals surface area contributed by atoms with Gasteiger partial charge in [0, 0.05) is 18.7 Å². The van der Waals surface area contributed by atoms with Crippen LogP contribution in [0.4, 0.5) is 0 Å². The van der Waals surface area contributed by atoms with Crippen molar-refractivity contribution in [1.29, 1.82) is 0 Å². The molecule has 7 heteroatoms. The lowest BCUT2D eigenvalue weighted by Gasteiger charge is -2.26. The number of morpholine rings is 1. The molecule has 3 rings (SSSR count). The Balaban J connectivity index is 1.88. The Kier molecular flexibility index (Phi) is 4.06. The first kappa shape index (κ1) is 14.5. The molecule has 0 unspecified atom stereocenters. The molecule has 2 heterocycles. The number of rotatable bonds is 3. The van der Waals surface area contributed by atoms with Crippen LogP contribution in [0.5, 0.6) is 0 Å². The van der Waals surface area contributed by atoms with Gasteiger partial charge in [-0.1, -0.05) is 29.4 Å². The number of ether oxygens (including phenoxy) is 1. The van der Waals surface area contributed by atoms with Crippen molar-refractivity contribution in [2.45, 2.75) is 13.5 Å². The van der Waals surface area contributed by atoms with E-state index >= 15 is 0 Å². The zero-order valence-electron chi connectivity index (χ0n) is 12.3. The lowest BCUT2D eigenvalue weighted by molar-refractivity contribution is -0.135. The molecule has 1 aliphatic heterocycles. The molecular formula is C15H17N3O4. The van der Waals surface area contributed by atoms with Crippen molar-refractivity contribution in [3.63, 3.8) is 0 Å². The highest BCUT2D eigenvalue weighted by Gasteiger charge is 2.21. The van der Waals surface area contributed by atoms with Crippen molar-refractivity contribution in [3.05, 3.63) is 40.4 Å². The molecule has 0 aliphatic carbocycles. The van der Waals surface area contributed by atoms with E-state index in [9.17, 15) is 9.59 Å². The lowest BCUT2D eigenvalue weighted by atomic mass is 10.1. The highest BCUT2D eigenvalue weighted by molar-refractivity contribution is 5.77. The van der Waals surface area contributed by atoms with Crippen molar-refractivity contribution in [2.24, 2.45) is 0 Å². The number of carbonyl (C=O) groups excluding carboxylic acids is 1. The third-order valence-electron chi connectivity index (χ3n) is 3.73. The maximum Gasteiger partial charge on any atom is 0.442 e. The number of nitrogens with zero attached hydrogens (tertiary/aromatic N) is 3. The van der Waals surface area contributed by atoms with Gasteiger partial charge in [0.05, 0.1) is 13.2 Å². The molecular weight excluding hydrogens is 286 g/mol. The quantitative estimate of drug-likeness (QED) is 0.833. The Hall–Kier alpha value is -2.41. The molecule has 1 aromatic carbocycles. The van der Waals surface area contributed by atoms with Crippen LogP contribution in [0.2, 0.25) is 0 Å². The van der Waals surface area contributed by atoms with Gasteiger partial charge < -0.3 is 9.64 Å². The van der Waals surface area contributed by atoms with Gasteiger partial charge in [-0.2, -0.15) is 0 Å². The van der Waals surface area contributed by atoms with Gasteiger partial charge in [-0.15, -0.1) is 0 Å². The fourth-order valence-corrected chi connectivity index (χ4v) is 2.47.